The van der Waals surface area contributed by atoms with Crippen molar-refractivity contribution in [2.45, 2.75) is 83.2 Å². The van der Waals surface area contributed by atoms with Gasteiger partial charge in [-0.3, -0.25) is 4.79 Å². The van der Waals surface area contributed by atoms with Crippen molar-refractivity contribution >= 4 is 5.91 Å². The molecule has 3 heteroatoms. The van der Waals surface area contributed by atoms with Crippen LogP contribution in [0.5, 0.6) is 0 Å². The van der Waals surface area contributed by atoms with Crippen LogP contribution in [0.4, 0.5) is 0 Å². The lowest BCUT2D eigenvalue weighted by Gasteiger charge is -2.33. The first-order valence-corrected chi connectivity index (χ1v) is 8.24. The first-order chi connectivity index (χ1) is 9.18. The van der Waals surface area contributed by atoms with Crippen molar-refractivity contribution in [1.82, 2.24) is 10.6 Å². The van der Waals surface area contributed by atoms with E-state index < -0.39 is 0 Å². The van der Waals surface area contributed by atoms with Gasteiger partial charge in [0, 0.05) is 6.04 Å². The van der Waals surface area contributed by atoms with Crippen molar-refractivity contribution in [1.29, 1.82) is 0 Å². The van der Waals surface area contributed by atoms with Gasteiger partial charge < -0.3 is 10.6 Å². The van der Waals surface area contributed by atoms with Crippen LogP contribution in [0, 0.1) is 5.92 Å². The lowest BCUT2D eigenvalue weighted by molar-refractivity contribution is -0.128. The van der Waals surface area contributed by atoms with E-state index in [1.54, 1.807) is 0 Å². The van der Waals surface area contributed by atoms with Crippen molar-refractivity contribution < 1.29 is 4.79 Å². The Bertz CT molecular complexity index is 291. The summed E-state index contributed by atoms with van der Waals surface area (Å²) >= 11 is 0. The van der Waals surface area contributed by atoms with Crippen LogP contribution in [0.15, 0.2) is 0 Å². The molecule has 0 aromatic heterocycles. The van der Waals surface area contributed by atoms with E-state index in [2.05, 4.69) is 24.5 Å². The van der Waals surface area contributed by atoms with Crippen LogP contribution >= 0.6 is 0 Å². The van der Waals surface area contributed by atoms with E-state index in [1.807, 2.05) is 0 Å². The maximum Gasteiger partial charge on any atom is 0.240 e. The predicted molar refractivity (Wildman–Crippen MR) is 79.1 cm³/mol. The number of amides is 1. The molecule has 2 N–H and O–H groups in total. The zero-order chi connectivity index (χ0) is 13.7. The predicted octanol–water partition coefficient (Wildman–Crippen LogP) is 2.99. The van der Waals surface area contributed by atoms with E-state index in [0.717, 1.165) is 32.2 Å². The summed E-state index contributed by atoms with van der Waals surface area (Å²) in [6.45, 7) is 5.35. The maximum absolute atomic E-state index is 12.6. The maximum atomic E-state index is 12.6. The van der Waals surface area contributed by atoms with Crippen molar-refractivity contribution in [2.24, 2.45) is 5.92 Å². The van der Waals surface area contributed by atoms with Gasteiger partial charge in [-0.2, -0.15) is 0 Å². The van der Waals surface area contributed by atoms with Gasteiger partial charge in [-0.05, 0) is 51.5 Å². The fourth-order valence-corrected chi connectivity index (χ4v) is 3.85. The topological polar surface area (TPSA) is 41.1 Å². The second kappa shape index (κ2) is 6.74. The average Bonchev–Trinajstić information content (AvgIpc) is 2.90. The molecule has 110 valence electrons. The number of hydrogen-bond acceptors (Lipinski definition) is 2. The average molecular weight is 266 g/mol. The second-order valence-electron chi connectivity index (χ2n) is 6.52. The monoisotopic (exact) mass is 266 g/mol. The molecule has 2 aliphatic rings. The first-order valence-electron chi connectivity index (χ1n) is 8.24. The van der Waals surface area contributed by atoms with Gasteiger partial charge in [0.25, 0.3) is 0 Å². The third-order valence-corrected chi connectivity index (χ3v) is 5.07. The Morgan fingerprint density at radius 3 is 2.63 bits per heavy atom. The molecule has 2 atom stereocenters. The molecule has 1 saturated carbocycles. The van der Waals surface area contributed by atoms with Gasteiger partial charge in [-0.1, -0.05) is 32.6 Å². The number of carbonyl (C=O) groups excluding carboxylic acids is 1. The SMILES string of the molecule is CCCC1(C(=O)NC(C)C2CCCCC2)CCCN1. The molecule has 1 saturated heterocycles. The number of hydrogen-bond donors (Lipinski definition) is 2. The molecule has 3 nitrogen and oxygen atoms in total. The quantitative estimate of drug-likeness (QED) is 0.803. The van der Waals surface area contributed by atoms with Crippen LogP contribution in [-0.2, 0) is 4.79 Å². The number of carbonyl (C=O) groups is 1. The minimum absolute atomic E-state index is 0.255. The van der Waals surface area contributed by atoms with E-state index >= 15 is 0 Å². The molecule has 0 aromatic carbocycles. The summed E-state index contributed by atoms with van der Waals surface area (Å²) in [7, 11) is 0. The van der Waals surface area contributed by atoms with Crippen LogP contribution in [0.3, 0.4) is 0 Å². The second-order valence-corrected chi connectivity index (χ2v) is 6.52. The molecule has 19 heavy (non-hydrogen) atoms. The highest BCUT2D eigenvalue weighted by atomic mass is 16.2. The van der Waals surface area contributed by atoms with Crippen LogP contribution in [0.2, 0.25) is 0 Å². The molecule has 0 radical (unpaired) electrons. The Hall–Kier alpha value is -0.570. The van der Waals surface area contributed by atoms with Crippen LogP contribution in [0.25, 0.3) is 0 Å². The van der Waals surface area contributed by atoms with Gasteiger partial charge in [-0.15, -0.1) is 0 Å². The van der Waals surface area contributed by atoms with Crippen LogP contribution in [-0.4, -0.2) is 24.0 Å². The molecule has 1 heterocycles. The molecule has 1 aliphatic heterocycles. The number of nitrogens with one attached hydrogen (secondary N) is 2. The molecule has 2 fully saturated rings. The van der Waals surface area contributed by atoms with Gasteiger partial charge in [0.15, 0.2) is 0 Å². The summed E-state index contributed by atoms with van der Waals surface area (Å²) in [6, 6.07) is 0.337. The standard InChI is InChI=1S/C16H30N2O/c1-3-10-16(11-7-12-17-16)15(19)18-13(2)14-8-5-4-6-9-14/h13-14,17H,3-12H2,1-2H3,(H,18,19). The van der Waals surface area contributed by atoms with Gasteiger partial charge >= 0.3 is 0 Å². The van der Waals surface area contributed by atoms with Crippen molar-refractivity contribution in [3.8, 4) is 0 Å². The molecular formula is C16H30N2O. The highest BCUT2D eigenvalue weighted by Crippen LogP contribution is 2.28. The molecular weight excluding hydrogens is 236 g/mol. The summed E-state index contributed by atoms with van der Waals surface area (Å²) in [6.07, 6.45) is 10.8. The zero-order valence-corrected chi connectivity index (χ0v) is 12.6. The highest BCUT2D eigenvalue weighted by molar-refractivity contribution is 5.86. The Labute approximate surface area is 117 Å². The van der Waals surface area contributed by atoms with Crippen molar-refractivity contribution in [3.63, 3.8) is 0 Å². The Morgan fingerprint density at radius 1 is 1.32 bits per heavy atom. The van der Waals surface area contributed by atoms with Gasteiger partial charge in [0.2, 0.25) is 5.91 Å². The normalized spacial score (nSPS) is 30.2. The third-order valence-electron chi connectivity index (χ3n) is 5.07. The van der Waals surface area contributed by atoms with E-state index in [0.29, 0.717) is 12.0 Å². The Kier molecular flexibility index (Phi) is 5.26. The summed E-state index contributed by atoms with van der Waals surface area (Å²) < 4.78 is 0. The van der Waals surface area contributed by atoms with Gasteiger partial charge in [0.05, 0.1) is 5.54 Å². The minimum atomic E-state index is -0.266. The van der Waals surface area contributed by atoms with E-state index in [9.17, 15) is 4.79 Å². The first kappa shape index (κ1) is 14.8. The van der Waals surface area contributed by atoms with Gasteiger partial charge in [0.1, 0.15) is 0 Å². The molecule has 1 amide bonds. The van der Waals surface area contributed by atoms with Crippen LogP contribution < -0.4 is 10.6 Å². The summed E-state index contributed by atoms with van der Waals surface area (Å²) in [5.41, 5.74) is -0.266. The lowest BCUT2D eigenvalue weighted by Crippen LogP contribution is -2.56. The molecule has 0 spiro atoms. The molecule has 2 rings (SSSR count). The lowest BCUT2D eigenvalue weighted by atomic mass is 9.83. The number of rotatable bonds is 5. The highest BCUT2D eigenvalue weighted by Gasteiger charge is 2.40. The van der Waals surface area contributed by atoms with Crippen LogP contribution in [0.1, 0.15) is 71.6 Å². The zero-order valence-electron chi connectivity index (χ0n) is 12.6. The Morgan fingerprint density at radius 2 is 2.05 bits per heavy atom. The summed E-state index contributed by atoms with van der Waals surface area (Å²) in [5, 5.41) is 6.78. The third kappa shape index (κ3) is 3.50. The molecule has 2 unspecified atom stereocenters. The summed E-state index contributed by atoms with van der Waals surface area (Å²) in [4.78, 5) is 12.6. The van der Waals surface area contributed by atoms with E-state index in [-0.39, 0.29) is 11.4 Å². The molecule has 0 aromatic rings. The molecule has 1 aliphatic carbocycles. The molecule has 0 bridgehead atoms. The van der Waals surface area contributed by atoms with Crippen molar-refractivity contribution in [2.75, 3.05) is 6.54 Å². The van der Waals surface area contributed by atoms with Crippen molar-refractivity contribution in [3.05, 3.63) is 0 Å². The Balaban J connectivity index is 1.90. The minimum Gasteiger partial charge on any atom is -0.352 e. The fourth-order valence-electron chi connectivity index (χ4n) is 3.85. The largest absolute Gasteiger partial charge is 0.352 e. The summed E-state index contributed by atoms with van der Waals surface area (Å²) in [5.74, 6) is 0.947. The van der Waals surface area contributed by atoms with E-state index in [1.165, 1.54) is 32.1 Å². The smallest absolute Gasteiger partial charge is 0.240 e. The van der Waals surface area contributed by atoms with Gasteiger partial charge in [-0.25, -0.2) is 0 Å². The fraction of sp³-hybridized carbons (Fsp3) is 0.938. The van der Waals surface area contributed by atoms with E-state index in [4.69, 9.17) is 0 Å².